The fourth-order valence-corrected chi connectivity index (χ4v) is 2.26. The zero-order valence-electron chi connectivity index (χ0n) is 10.8. The van der Waals surface area contributed by atoms with Gasteiger partial charge in [-0.3, -0.25) is 4.79 Å². The molecule has 1 amide bonds. The quantitative estimate of drug-likeness (QED) is 0.565. The van der Waals surface area contributed by atoms with Gasteiger partial charge >= 0.3 is 0 Å². The van der Waals surface area contributed by atoms with Crippen molar-refractivity contribution in [2.45, 2.75) is 13.3 Å². The van der Waals surface area contributed by atoms with Gasteiger partial charge in [0.1, 0.15) is 0 Å². The van der Waals surface area contributed by atoms with Crippen LogP contribution in [-0.4, -0.2) is 50.4 Å². The second-order valence-electron chi connectivity index (χ2n) is 3.76. The smallest absolute Gasteiger partial charge is 0.282 e. The van der Waals surface area contributed by atoms with Gasteiger partial charge in [0.15, 0.2) is 0 Å². The number of sulfonamides is 1. The van der Waals surface area contributed by atoms with Crippen LogP contribution in [0, 0.1) is 0 Å². The van der Waals surface area contributed by atoms with E-state index >= 15 is 0 Å². The maximum absolute atomic E-state index is 11.6. The first kappa shape index (κ1) is 15.8. The topological polar surface area (TPSA) is 113 Å². The number of carbonyl (C=O) groups excluding carboxylic acids is 1. The molecule has 1 aromatic rings. The van der Waals surface area contributed by atoms with E-state index in [9.17, 15) is 13.2 Å². The lowest BCUT2D eigenvalue weighted by Crippen LogP contribution is -2.34. The van der Waals surface area contributed by atoms with Crippen LogP contribution in [0.15, 0.2) is 0 Å². The van der Waals surface area contributed by atoms with Crippen molar-refractivity contribution in [3.05, 3.63) is 5.01 Å². The summed E-state index contributed by atoms with van der Waals surface area (Å²) in [6, 6.07) is 0. The van der Waals surface area contributed by atoms with Crippen molar-refractivity contribution in [2.24, 2.45) is 0 Å². The van der Waals surface area contributed by atoms with Crippen LogP contribution in [-0.2, 0) is 10.0 Å². The maximum atomic E-state index is 11.6. The van der Waals surface area contributed by atoms with E-state index in [0.29, 0.717) is 5.13 Å². The Kier molecular flexibility index (Phi) is 6.12. The number of hydrogen-bond donors (Lipinski definition) is 3. The first-order valence-corrected chi connectivity index (χ1v) is 8.43. The van der Waals surface area contributed by atoms with Crippen molar-refractivity contribution in [2.75, 3.05) is 31.2 Å². The zero-order valence-corrected chi connectivity index (χ0v) is 12.4. The van der Waals surface area contributed by atoms with Crippen LogP contribution in [0.4, 0.5) is 5.13 Å². The van der Waals surface area contributed by atoms with Crippen molar-refractivity contribution in [3.8, 4) is 0 Å². The summed E-state index contributed by atoms with van der Waals surface area (Å²) in [6.45, 7) is 3.14. The van der Waals surface area contributed by atoms with Crippen LogP contribution < -0.4 is 15.4 Å². The minimum Gasteiger partial charge on any atom is -0.360 e. The molecular weight excluding hydrogens is 290 g/mol. The highest BCUT2D eigenvalue weighted by Crippen LogP contribution is 2.14. The number of anilines is 1. The predicted molar refractivity (Wildman–Crippen MR) is 73.9 cm³/mol. The molecule has 108 valence electrons. The molecule has 0 saturated heterocycles. The van der Waals surface area contributed by atoms with Gasteiger partial charge in [-0.1, -0.05) is 18.3 Å². The molecule has 0 fully saturated rings. The Morgan fingerprint density at radius 2 is 2.00 bits per heavy atom. The van der Waals surface area contributed by atoms with Crippen molar-refractivity contribution < 1.29 is 13.2 Å². The number of rotatable bonds is 8. The Bertz CT molecular complexity index is 514. The van der Waals surface area contributed by atoms with E-state index in [1.165, 1.54) is 0 Å². The van der Waals surface area contributed by atoms with Crippen molar-refractivity contribution in [1.29, 1.82) is 0 Å². The lowest BCUT2D eigenvalue weighted by atomic mass is 10.5. The van der Waals surface area contributed by atoms with Crippen LogP contribution in [0.3, 0.4) is 0 Å². The van der Waals surface area contributed by atoms with Crippen LogP contribution in [0.5, 0.6) is 0 Å². The van der Waals surface area contributed by atoms with Gasteiger partial charge in [0.05, 0.1) is 6.26 Å². The molecule has 1 heterocycles. The predicted octanol–water partition coefficient (Wildman–Crippen LogP) is -0.361. The highest BCUT2D eigenvalue weighted by atomic mass is 32.2. The monoisotopic (exact) mass is 307 g/mol. The molecular formula is C9H17N5O3S2. The fourth-order valence-electron chi connectivity index (χ4n) is 1.11. The molecule has 0 saturated carbocycles. The van der Waals surface area contributed by atoms with Crippen LogP contribution in [0.1, 0.15) is 23.1 Å². The van der Waals surface area contributed by atoms with E-state index in [1.807, 2.05) is 6.92 Å². The lowest BCUT2D eigenvalue weighted by molar-refractivity contribution is 0.0953. The molecule has 1 aromatic heterocycles. The van der Waals surface area contributed by atoms with Crippen molar-refractivity contribution in [1.82, 2.24) is 20.2 Å². The maximum Gasteiger partial charge on any atom is 0.282 e. The van der Waals surface area contributed by atoms with Gasteiger partial charge in [0.2, 0.25) is 20.2 Å². The summed E-state index contributed by atoms with van der Waals surface area (Å²) >= 11 is 1.16. The molecule has 8 nitrogen and oxygen atoms in total. The number of aromatic nitrogens is 2. The summed E-state index contributed by atoms with van der Waals surface area (Å²) in [5.74, 6) is -0.364. The Labute approximate surface area is 116 Å². The van der Waals surface area contributed by atoms with Crippen LogP contribution >= 0.6 is 11.3 Å². The average molecular weight is 307 g/mol. The average Bonchev–Trinajstić information content (AvgIpc) is 2.79. The van der Waals surface area contributed by atoms with Gasteiger partial charge in [-0.25, -0.2) is 13.1 Å². The van der Waals surface area contributed by atoms with Gasteiger partial charge in [-0.15, -0.1) is 10.2 Å². The summed E-state index contributed by atoms with van der Waals surface area (Å²) in [6.07, 6.45) is 2.02. The molecule has 19 heavy (non-hydrogen) atoms. The highest BCUT2D eigenvalue weighted by molar-refractivity contribution is 7.88. The largest absolute Gasteiger partial charge is 0.360 e. The van der Waals surface area contributed by atoms with Crippen molar-refractivity contribution in [3.63, 3.8) is 0 Å². The van der Waals surface area contributed by atoms with Gasteiger partial charge in [0.25, 0.3) is 5.91 Å². The molecule has 0 bridgehead atoms. The first-order valence-electron chi connectivity index (χ1n) is 5.72. The minimum atomic E-state index is -3.23. The SMILES string of the molecule is CCCNc1nnc(C(=O)NCCNS(C)(=O)=O)s1. The third kappa shape index (κ3) is 6.45. The second-order valence-corrected chi connectivity index (χ2v) is 6.57. The summed E-state index contributed by atoms with van der Waals surface area (Å²) in [7, 11) is -3.23. The number of nitrogens with zero attached hydrogens (tertiary/aromatic N) is 2. The number of carbonyl (C=O) groups is 1. The van der Waals surface area contributed by atoms with Gasteiger partial charge < -0.3 is 10.6 Å². The molecule has 0 aromatic carbocycles. The highest BCUT2D eigenvalue weighted by Gasteiger charge is 2.12. The van der Waals surface area contributed by atoms with Gasteiger partial charge in [0, 0.05) is 19.6 Å². The fraction of sp³-hybridized carbons (Fsp3) is 0.667. The second kappa shape index (κ2) is 7.36. The van der Waals surface area contributed by atoms with Crippen LogP contribution in [0.25, 0.3) is 0 Å². The Hall–Kier alpha value is -1.26. The summed E-state index contributed by atoms with van der Waals surface area (Å²) < 4.78 is 23.9. The molecule has 0 spiro atoms. The molecule has 1 rings (SSSR count). The number of hydrogen-bond acceptors (Lipinski definition) is 7. The third-order valence-corrected chi connectivity index (χ3v) is 3.53. The normalized spacial score (nSPS) is 11.3. The Balaban J connectivity index is 2.35. The standard InChI is InChI=1S/C9H17N5O3S2/c1-3-4-11-9-14-13-8(18-9)7(15)10-5-6-12-19(2,16)17/h12H,3-6H2,1-2H3,(H,10,15)(H,11,14). The van der Waals surface area contributed by atoms with Gasteiger partial charge in [-0.05, 0) is 6.42 Å². The van der Waals surface area contributed by atoms with Gasteiger partial charge in [-0.2, -0.15) is 0 Å². The summed E-state index contributed by atoms with van der Waals surface area (Å²) in [4.78, 5) is 11.6. The molecule has 0 aliphatic heterocycles. The Morgan fingerprint density at radius 3 is 2.63 bits per heavy atom. The number of nitrogens with one attached hydrogen (secondary N) is 3. The molecule has 10 heteroatoms. The molecule has 0 unspecified atom stereocenters. The molecule has 0 radical (unpaired) electrons. The van der Waals surface area contributed by atoms with E-state index in [0.717, 1.165) is 30.6 Å². The molecule has 0 atom stereocenters. The van der Waals surface area contributed by atoms with E-state index in [2.05, 4.69) is 25.6 Å². The molecule has 0 aliphatic carbocycles. The van der Waals surface area contributed by atoms with Crippen molar-refractivity contribution >= 4 is 32.4 Å². The molecule has 0 aliphatic rings. The number of amides is 1. The van der Waals surface area contributed by atoms with E-state index in [4.69, 9.17) is 0 Å². The summed E-state index contributed by atoms with van der Waals surface area (Å²) in [5, 5.41) is 14.0. The summed E-state index contributed by atoms with van der Waals surface area (Å²) in [5.41, 5.74) is 0. The minimum absolute atomic E-state index is 0.143. The van der Waals surface area contributed by atoms with Crippen LogP contribution in [0.2, 0.25) is 0 Å². The molecule has 3 N–H and O–H groups in total. The third-order valence-electron chi connectivity index (χ3n) is 1.92. The lowest BCUT2D eigenvalue weighted by Gasteiger charge is -2.03. The first-order chi connectivity index (χ1) is 8.92. The van der Waals surface area contributed by atoms with E-state index in [1.54, 1.807) is 0 Å². The Morgan fingerprint density at radius 1 is 1.26 bits per heavy atom. The van der Waals surface area contributed by atoms with E-state index < -0.39 is 10.0 Å². The van der Waals surface area contributed by atoms with E-state index in [-0.39, 0.29) is 24.0 Å². The zero-order chi connectivity index (χ0) is 14.3.